The zero-order chi connectivity index (χ0) is 19.6. The minimum absolute atomic E-state index is 0.251. The topological polar surface area (TPSA) is 98.3 Å². The lowest BCUT2D eigenvalue weighted by molar-refractivity contribution is -0.187. The van der Waals surface area contributed by atoms with Gasteiger partial charge in [0.1, 0.15) is 5.82 Å². The molecule has 0 saturated carbocycles. The maximum absolute atomic E-state index is 13.0. The van der Waals surface area contributed by atoms with Gasteiger partial charge in [0, 0.05) is 26.1 Å². The molecule has 3 N–H and O–H groups in total. The third-order valence-electron chi connectivity index (χ3n) is 4.65. The molecule has 0 aliphatic carbocycles. The number of aromatic nitrogens is 2. The zero-order valence-corrected chi connectivity index (χ0v) is 14.3. The van der Waals surface area contributed by atoms with Crippen molar-refractivity contribution in [1.82, 2.24) is 20.2 Å². The normalized spacial score (nSPS) is 20.2. The summed E-state index contributed by atoms with van der Waals surface area (Å²) in [6.45, 7) is -0.842. The van der Waals surface area contributed by atoms with Gasteiger partial charge in [0.05, 0.1) is 22.9 Å². The van der Waals surface area contributed by atoms with E-state index in [9.17, 15) is 22.8 Å². The van der Waals surface area contributed by atoms with Crippen LogP contribution in [-0.2, 0) is 11.2 Å². The molecular formula is C17H19F3N4O3. The van der Waals surface area contributed by atoms with Gasteiger partial charge in [0.2, 0.25) is 0 Å². The molecule has 1 aliphatic heterocycles. The average Bonchev–Trinajstić information content (AvgIpc) is 3.22. The number of nitrogens with zero attached hydrogens (tertiary/aromatic N) is 2. The molecule has 1 saturated heterocycles. The number of fused-ring (bicyclic) bond motifs is 1. The summed E-state index contributed by atoms with van der Waals surface area (Å²) in [4.78, 5) is 31.6. The number of aromatic amines is 1. The Bertz CT molecular complexity index is 803. The fourth-order valence-electron chi connectivity index (χ4n) is 3.24. The van der Waals surface area contributed by atoms with Crippen LogP contribution in [0, 0.1) is 11.8 Å². The standard InChI is InChI=1S/C17H19F3N4O3/c18-17(19,20)11-9-24(8-10(11)15(25)26)16(27)21-7-3-6-14-22-12-4-1-2-5-13(12)23-14/h1-2,4-5,10-11H,3,6-9H2,(H,21,27)(H,22,23)(H,25,26)/t10-,11-/m1/s1. The highest BCUT2D eigenvalue weighted by Crippen LogP contribution is 2.37. The van der Waals surface area contributed by atoms with Crippen LogP contribution in [0.4, 0.5) is 18.0 Å². The summed E-state index contributed by atoms with van der Waals surface area (Å²) in [5.41, 5.74) is 1.75. The summed E-state index contributed by atoms with van der Waals surface area (Å²) >= 11 is 0. The molecule has 2 atom stereocenters. The maximum atomic E-state index is 13.0. The monoisotopic (exact) mass is 384 g/mol. The third kappa shape index (κ3) is 4.32. The van der Waals surface area contributed by atoms with Crippen molar-refractivity contribution in [1.29, 1.82) is 0 Å². The smallest absolute Gasteiger partial charge is 0.394 e. The number of hydrogen-bond acceptors (Lipinski definition) is 3. The Labute approximate surface area is 152 Å². The van der Waals surface area contributed by atoms with Gasteiger partial charge in [-0.3, -0.25) is 4.79 Å². The number of rotatable bonds is 5. The van der Waals surface area contributed by atoms with Crippen LogP contribution in [0.5, 0.6) is 0 Å². The van der Waals surface area contributed by atoms with Crippen molar-refractivity contribution in [3.05, 3.63) is 30.1 Å². The van der Waals surface area contributed by atoms with Crippen LogP contribution in [-0.4, -0.2) is 57.8 Å². The number of aliphatic carboxylic acids is 1. The first-order valence-electron chi connectivity index (χ1n) is 8.51. The van der Waals surface area contributed by atoms with Gasteiger partial charge in [0.25, 0.3) is 0 Å². The van der Waals surface area contributed by atoms with E-state index in [1.807, 2.05) is 24.3 Å². The number of carbonyl (C=O) groups excluding carboxylic acids is 1. The highest BCUT2D eigenvalue weighted by atomic mass is 19.4. The van der Waals surface area contributed by atoms with Crippen molar-refractivity contribution in [3.8, 4) is 0 Å². The number of halogens is 3. The van der Waals surface area contributed by atoms with Crippen LogP contribution in [0.25, 0.3) is 11.0 Å². The third-order valence-corrected chi connectivity index (χ3v) is 4.65. The number of benzene rings is 1. The Morgan fingerprint density at radius 1 is 1.30 bits per heavy atom. The quantitative estimate of drug-likeness (QED) is 0.690. The van der Waals surface area contributed by atoms with Gasteiger partial charge in [-0.15, -0.1) is 0 Å². The molecule has 2 amide bonds. The van der Waals surface area contributed by atoms with E-state index in [4.69, 9.17) is 5.11 Å². The maximum Gasteiger partial charge on any atom is 0.394 e. The van der Waals surface area contributed by atoms with E-state index < -0.39 is 43.1 Å². The first kappa shape index (κ1) is 19.0. The predicted molar refractivity (Wildman–Crippen MR) is 90.1 cm³/mol. The number of H-pyrrole nitrogens is 1. The molecule has 0 unspecified atom stereocenters. The lowest BCUT2D eigenvalue weighted by Crippen LogP contribution is -2.40. The van der Waals surface area contributed by atoms with Crippen LogP contribution in [0.1, 0.15) is 12.2 Å². The van der Waals surface area contributed by atoms with E-state index in [-0.39, 0.29) is 6.54 Å². The van der Waals surface area contributed by atoms with Crippen LogP contribution in [0.2, 0.25) is 0 Å². The van der Waals surface area contributed by atoms with E-state index in [1.54, 1.807) is 0 Å². The lowest BCUT2D eigenvalue weighted by atomic mass is 9.96. The van der Waals surface area contributed by atoms with Gasteiger partial charge in [0.15, 0.2) is 0 Å². The highest BCUT2D eigenvalue weighted by Gasteiger charge is 2.53. The molecule has 3 rings (SSSR count). The largest absolute Gasteiger partial charge is 0.481 e. The summed E-state index contributed by atoms with van der Waals surface area (Å²) in [6.07, 6.45) is -3.54. The Balaban J connectivity index is 1.48. The number of urea groups is 1. The molecule has 1 fully saturated rings. The molecule has 10 heteroatoms. The van der Waals surface area contributed by atoms with Crippen molar-refractivity contribution >= 4 is 23.0 Å². The zero-order valence-electron chi connectivity index (χ0n) is 14.3. The summed E-state index contributed by atoms with van der Waals surface area (Å²) in [5, 5.41) is 11.5. The molecule has 146 valence electrons. The van der Waals surface area contributed by atoms with Crippen molar-refractivity contribution in [2.45, 2.75) is 19.0 Å². The number of carboxylic acid groups (broad SMARTS) is 1. The fraction of sp³-hybridized carbons (Fsp3) is 0.471. The molecule has 0 radical (unpaired) electrons. The molecule has 2 aromatic rings. The molecular weight excluding hydrogens is 365 g/mol. The molecule has 1 aliphatic rings. The van der Waals surface area contributed by atoms with Crippen molar-refractivity contribution in [3.63, 3.8) is 0 Å². The molecule has 2 heterocycles. The number of alkyl halides is 3. The van der Waals surface area contributed by atoms with E-state index in [0.717, 1.165) is 21.8 Å². The van der Waals surface area contributed by atoms with Gasteiger partial charge < -0.3 is 20.3 Å². The molecule has 7 nitrogen and oxygen atoms in total. The van der Waals surface area contributed by atoms with E-state index in [1.165, 1.54) is 0 Å². The van der Waals surface area contributed by atoms with Crippen molar-refractivity contribution in [2.24, 2.45) is 11.8 Å². The Hall–Kier alpha value is -2.78. The van der Waals surface area contributed by atoms with Crippen molar-refractivity contribution in [2.75, 3.05) is 19.6 Å². The van der Waals surface area contributed by atoms with E-state index >= 15 is 0 Å². The number of aryl methyl sites for hydroxylation is 1. The number of amides is 2. The number of para-hydroxylation sites is 2. The second kappa shape index (κ2) is 7.45. The van der Waals surface area contributed by atoms with Crippen LogP contribution in [0.15, 0.2) is 24.3 Å². The van der Waals surface area contributed by atoms with Gasteiger partial charge in [-0.25, -0.2) is 9.78 Å². The summed E-state index contributed by atoms with van der Waals surface area (Å²) in [7, 11) is 0. The first-order chi connectivity index (χ1) is 12.8. The Morgan fingerprint density at radius 3 is 2.67 bits per heavy atom. The van der Waals surface area contributed by atoms with Gasteiger partial charge >= 0.3 is 18.2 Å². The number of carboxylic acids is 1. The minimum Gasteiger partial charge on any atom is -0.481 e. The number of hydrogen-bond donors (Lipinski definition) is 3. The van der Waals surface area contributed by atoms with Crippen molar-refractivity contribution < 1.29 is 27.9 Å². The van der Waals surface area contributed by atoms with E-state index in [0.29, 0.717) is 12.8 Å². The molecule has 1 aromatic carbocycles. The van der Waals surface area contributed by atoms with Gasteiger partial charge in [-0.1, -0.05) is 12.1 Å². The number of nitrogens with one attached hydrogen (secondary N) is 2. The summed E-state index contributed by atoms with van der Waals surface area (Å²) in [6, 6.07) is 6.86. The molecule has 27 heavy (non-hydrogen) atoms. The minimum atomic E-state index is -4.65. The Morgan fingerprint density at radius 2 is 2.04 bits per heavy atom. The molecule has 0 bridgehead atoms. The first-order valence-corrected chi connectivity index (χ1v) is 8.51. The second-order valence-corrected chi connectivity index (χ2v) is 6.53. The molecule has 1 aromatic heterocycles. The summed E-state index contributed by atoms with van der Waals surface area (Å²) in [5.74, 6) is -4.46. The summed E-state index contributed by atoms with van der Waals surface area (Å²) < 4.78 is 38.9. The van der Waals surface area contributed by atoms with E-state index in [2.05, 4.69) is 15.3 Å². The Kier molecular flexibility index (Phi) is 5.24. The van der Waals surface area contributed by atoms with Gasteiger partial charge in [-0.2, -0.15) is 13.2 Å². The highest BCUT2D eigenvalue weighted by molar-refractivity contribution is 5.78. The lowest BCUT2D eigenvalue weighted by Gasteiger charge is -2.18. The van der Waals surface area contributed by atoms with Crippen LogP contribution >= 0.6 is 0 Å². The number of carbonyl (C=O) groups is 2. The van der Waals surface area contributed by atoms with Crippen LogP contribution in [0.3, 0.4) is 0 Å². The number of likely N-dealkylation sites (tertiary alicyclic amines) is 1. The van der Waals surface area contributed by atoms with Gasteiger partial charge in [-0.05, 0) is 18.6 Å². The average molecular weight is 384 g/mol. The number of imidazole rings is 1. The predicted octanol–water partition coefficient (Wildman–Crippen LogP) is 2.40. The van der Waals surface area contributed by atoms with Crippen LogP contribution < -0.4 is 5.32 Å². The fourth-order valence-corrected chi connectivity index (χ4v) is 3.24. The SMILES string of the molecule is O=C(O)[C@@H]1CN(C(=O)NCCCc2nc3ccccc3[nH]2)C[C@H]1C(F)(F)F. The second-order valence-electron chi connectivity index (χ2n) is 6.53. The molecule has 0 spiro atoms.